The summed E-state index contributed by atoms with van der Waals surface area (Å²) in [4.78, 5) is 10.6. The minimum absolute atomic E-state index is 0.131. The van der Waals surface area contributed by atoms with Crippen LogP contribution in [-0.2, 0) is 0 Å². The van der Waals surface area contributed by atoms with Gasteiger partial charge in [0, 0.05) is 32.0 Å². The normalized spacial score (nSPS) is 20.6. The van der Waals surface area contributed by atoms with Crippen LogP contribution in [0.15, 0.2) is 23.0 Å². The Hall–Kier alpha value is -1.50. The number of hydrogen-bond acceptors (Lipinski definition) is 6. The molecule has 1 fully saturated rings. The smallest absolute Gasteiger partial charge is 0.259 e. The second kappa shape index (κ2) is 5.24. The van der Waals surface area contributed by atoms with Crippen molar-refractivity contribution in [1.29, 1.82) is 0 Å². The van der Waals surface area contributed by atoms with Crippen molar-refractivity contribution in [2.75, 3.05) is 26.7 Å². The maximum atomic E-state index is 6.07. The molecule has 0 bridgehead atoms. The molecule has 0 spiro atoms. The standard InChI is InChI=1S/C12H14ClN5O/c1-18-5-4-15-7-10(18)11-16-12(19-17-11)8-2-3-14-6-9(8)13/h2-3,6,10,15H,4-5,7H2,1H3. The van der Waals surface area contributed by atoms with Gasteiger partial charge in [-0.15, -0.1) is 0 Å². The predicted octanol–water partition coefficient (Wildman–Crippen LogP) is 1.36. The average Bonchev–Trinajstić information content (AvgIpc) is 2.89. The van der Waals surface area contributed by atoms with E-state index in [0.29, 0.717) is 22.3 Å². The molecule has 1 saturated heterocycles. The Kier molecular flexibility index (Phi) is 3.46. The summed E-state index contributed by atoms with van der Waals surface area (Å²) >= 11 is 6.07. The van der Waals surface area contributed by atoms with Crippen molar-refractivity contribution in [1.82, 2.24) is 25.3 Å². The zero-order chi connectivity index (χ0) is 13.2. The summed E-state index contributed by atoms with van der Waals surface area (Å²) in [5.74, 6) is 1.11. The molecule has 0 radical (unpaired) electrons. The SMILES string of the molecule is CN1CCNCC1c1noc(-c2ccncc2Cl)n1. The van der Waals surface area contributed by atoms with Crippen molar-refractivity contribution < 1.29 is 4.52 Å². The molecular formula is C12H14ClN5O. The maximum absolute atomic E-state index is 6.07. The summed E-state index contributed by atoms with van der Waals surface area (Å²) in [6, 6.07) is 1.90. The first kappa shape index (κ1) is 12.5. The lowest BCUT2D eigenvalue weighted by Gasteiger charge is -2.30. The van der Waals surface area contributed by atoms with Crippen LogP contribution in [0.25, 0.3) is 11.5 Å². The van der Waals surface area contributed by atoms with E-state index < -0.39 is 0 Å². The fourth-order valence-electron chi connectivity index (χ4n) is 2.12. The summed E-state index contributed by atoms with van der Waals surface area (Å²) in [6.45, 7) is 2.76. The van der Waals surface area contributed by atoms with Gasteiger partial charge in [0.15, 0.2) is 5.82 Å². The third-order valence-electron chi connectivity index (χ3n) is 3.25. The van der Waals surface area contributed by atoms with Crippen molar-refractivity contribution in [2.24, 2.45) is 0 Å². The highest BCUT2D eigenvalue weighted by atomic mass is 35.5. The molecule has 1 unspecified atom stereocenters. The number of halogens is 1. The molecule has 1 aliphatic heterocycles. The molecular weight excluding hydrogens is 266 g/mol. The molecule has 0 amide bonds. The largest absolute Gasteiger partial charge is 0.334 e. The van der Waals surface area contributed by atoms with E-state index in [0.717, 1.165) is 19.6 Å². The molecule has 0 aliphatic carbocycles. The zero-order valence-corrected chi connectivity index (χ0v) is 11.3. The fraction of sp³-hybridized carbons (Fsp3) is 0.417. The topological polar surface area (TPSA) is 67.1 Å². The fourth-order valence-corrected chi connectivity index (χ4v) is 2.32. The highest BCUT2D eigenvalue weighted by molar-refractivity contribution is 6.32. The minimum atomic E-state index is 0.131. The van der Waals surface area contributed by atoms with Crippen molar-refractivity contribution >= 4 is 11.6 Å². The first-order chi connectivity index (χ1) is 9.25. The molecule has 1 aliphatic rings. The summed E-state index contributed by atoms with van der Waals surface area (Å²) in [7, 11) is 2.06. The van der Waals surface area contributed by atoms with Gasteiger partial charge in [-0.2, -0.15) is 4.98 Å². The third kappa shape index (κ3) is 2.47. The quantitative estimate of drug-likeness (QED) is 0.895. The number of hydrogen-bond donors (Lipinski definition) is 1. The number of likely N-dealkylation sites (N-methyl/N-ethyl adjacent to an activating group) is 1. The van der Waals surface area contributed by atoms with Crippen LogP contribution in [0.2, 0.25) is 5.02 Å². The van der Waals surface area contributed by atoms with Gasteiger partial charge in [0.1, 0.15) is 0 Å². The van der Waals surface area contributed by atoms with E-state index in [4.69, 9.17) is 16.1 Å². The monoisotopic (exact) mass is 279 g/mol. The van der Waals surface area contributed by atoms with Crippen molar-refractivity contribution in [3.63, 3.8) is 0 Å². The minimum Gasteiger partial charge on any atom is -0.334 e. The lowest BCUT2D eigenvalue weighted by atomic mass is 10.2. The summed E-state index contributed by atoms with van der Waals surface area (Å²) in [5.41, 5.74) is 0.710. The van der Waals surface area contributed by atoms with Gasteiger partial charge in [0.05, 0.1) is 16.6 Å². The lowest BCUT2D eigenvalue weighted by Crippen LogP contribution is -2.44. The van der Waals surface area contributed by atoms with Gasteiger partial charge in [0.25, 0.3) is 5.89 Å². The van der Waals surface area contributed by atoms with E-state index in [1.54, 1.807) is 18.5 Å². The number of nitrogens with zero attached hydrogens (tertiary/aromatic N) is 4. The molecule has 6 nitrogen and oxygen atoms in total. The Morgan fingerprint density at radius 3 is 3.21 bits per heavy atom. The molecule has 100 valence electrons. The lowest BCUT2D eigenvalue weighted by molar-refractivity contribution is 0.190. The number of rotatable bonds is 2. The Morgan fingerprint density at radius 1 is 1.53 bits per heavy atom. The summed E-state index contributed by atoms with van der Waals surface area (Å²) < 4.78 is 5.31. The Labute approximate surface area is 115 Å². The molecule has 19 heavy (non-hydrogen) atoms. The van der Waals surface area contributed by atoms with Crippen LogP contribution in [0.1, 0.15) is 11.9 Å². The number of piperazine rings is 1. The number of nitrogens with one attached hydrogen (secondary N) is 1. The zero-order valence-electron chi connectivity index (χ0n) is 10.5. The average molecular weight is 280 g/mol. The Morgan fingerprint density at radius 2 is 2.42 bits per heavy atom. The van der Waals surface area contributed by atoms with Crippen LogP contribution in [0, 0.1) is 0 Å². The Balaban J connectivity index is 1.89. The van der Waals surface area contributed by atoms with Gasteiger partial charge in [-0.25, -0.2) is 0 Å². The molecule has 2 aromatic rings. The van der Waals surface area contributed by atoms with Gasteiger partial charge < -0.3 is 9.84 Å². The van der Waals surface area contributed by atoms with Gasteiger partial charge in [-0.05, 0) is 13.1 Å². The molecule has 1 N–H and O–H groups in total. The van der Waals surface area contributed by atoms with Gasteiger partial charge in [0.2, 0.25) is 0 Å². The molecule has 0 saturated carbocycles. The van der Waals surface area contributed by atoms with E-state index in [1.807, 2.05) is 0 Å². The molecule has 7 heteroatoms. The second-order valence-corrected chi connectivity index (χ2v) is 4.92. The van der Waals surface area contributed by atoms with Crippen LogP contribution in [0.4, 0.5) is 0 Å². The highest BCUT2D eigenvalue weighted by Crippen LogP contribution is 2.27. The van der Waals surface area contributed by atoms with E-state index in [1.165, 1.54) is 0 Å². The van der Waals surface area contributed by atoms with Crippen LogP contribution < -0.4 is 5.32 Å². The molecule has 2 aromatic heterocycles. The number of pyridine rings is 1. The first-order valence-electron chi connectivity index (χ1n) is 6.10. The summed E-state index contributed by atoms with van der Waals surface area (Å²) in [5, 5.41) is 7.89. The van der Waals surface area contributed by atoms with Gasteiger partial charge in [-0.3, -0.25) is 9.88 Å². The highest BCUT2D eigenvalue weighted by Gasteiger charge is 2.25. The molecule has 1 atom stereocenters. The van der Waals surface area contributed by atoms with Crippen LogP contribution in [0.5, 0.6) is 0 Å². The van der Waals surface area contributed by atoms with Crippen molar-refractivity contribution in [3.05, 3.63) is 29.3 Å². The number of aromatic nitrogens is 3. The van der Waals surface area contributed by atoms with E-state index in [9.17, 15) is 0 Å². The van der Waals surface area contributed by atoms with Crippen LogP contribution in [-0.4, -0.2) is 46.7 Å². The van der Waals surface area contributed by atoms with Crippen molar-refractivity contribution in [2.45, 2.75) is 6.04 Å². The van der Waals surface area contributed by atoms with Crippen molar-refractivity contribution in [3.8, 4) is 11.5 Å². The first-order valence-corrected chi connectivity index (χ1v) is 6.48. The third-order valence-corrected chi connectivity index (χ3v) is 3.55. The van der Waals surface area contributed by atoms with Crippen LogP contribution in [0.3, 0.4) is 0 Å². The summed E-state index contributed by atoms with van der Waals surface area (Å²) in [6.07, 6.45) is 3.22. The van der Waals surface area contributed by atoms with Gasteiger partial charge >= 0.3 is 0 Å². The molecule has 3 heterocycles. The van der Waals surface area contributed by atoms with E-state index in [-0.39, 0.29) is 6.04 Å². The molecule has 0 aromatic carbocycles. The van der Waals surface area contributed by atoms with E-state index in [2.05, 4.69) is 32.4 Å². The van der Waals surface area contributed by atoms with Gasteiger partial charge in [-0.1, -0.05) is 16.8 Å². The van der Waals surface area contributed by atoms with E-state index >= 15 is 0 Å². The predicted molar refractivity (Wildman–Crippen MR) is 70.8 cm³/mol. The van der Waals surface area contributed by atoms with Crippen LogP contribution >= 0.6 is 11.6 Å². The maximum Gasteiger partial charge on any atom is 0.259 e. The molecule has 3 rings (SSSR count). The Bertz CT molecular complexity index is 573. The second-order valence-electron chi connectivity index (χ2n) is 4.51.